The van der Waals surface area contributed by atoms with Gasteiger partial charge in [-0.25, -0.2) is 13.4 Å². The van der Waals surface area contributed by atoms with Gasteiger partial charge in [-0.3, -0.25) is 4.72 Å². The van der Waals surface area contributed by atoms with Crippen LogP contribution < -0.4 is 10.0 Å². The van der Waals surface area contributed by atoms with Gasteiger partial charge in [0.1, 0.15) is 11.3 Å². The molecule has 0 fully saturated rings. The first-order chi connectivity index (χ1) is 10.1. The number of benzene rings is 1. The molecule has 9 heteroatoms. The van der Waals surface area contributed by atoms with Gasteiger partial charge >= 0.3 is 0 Å². The van der Waals surface area contributed by atoms with Gasteiger partial charge in [0.25, 0.3) is 10.0 Å². The van der Waals surface area contributed by atoms with E-state index in [0.717, 1.165) is 28.1 Å². The first-order valence-corrected chi connectivity index (χ1v) is 8.32. The van der Waals surface area contributed by atoms with E-state index < -0.39 is 10.0 Å². The molecular formula is C12H11N5O2S2. The van der Waals surface area contributed by atoms with Crippen LogP contribution in [-0.2, 0) is 10.0 Å². The highest BCUT2D eigenvalue weighted by atomic mass is 32.2. The molecule has 0 atom stereocenters. The molecule has 0 aliphatic heterocycles. The standard InChI is InChI=1S/C12H11N5O2S2/c1-13-11-5-2-8-6-9(3-4-10(8)15-11)21(18,19)17-12-16-14-7-20-12/h2-7H,1H3,(H,13,15)(H,16,17). The summed E-state index contributed by atoms with van der Waals surface area (Å²) in [7, 11) is -1.90. The average molecular weight is 321 g/mol. The highest BCUT2D eigenvalue weighted by Gasteiger charge is 2.16. The van der Waals surface area contributed by atoms with Crippen LogP contribution in [0.15, 0.2) is 40.7 Å². The lowest BCUT2D eigenvalue weighted by Crippen LogP contribution is -2.12. The summed E-state index contributed by atoms with van der Waals surface area (Å²) in [4.78, 5) is 4.50. The Balaban J connectivity index is 2.00. The Morgan fingerprint density at radius 3 is 2.76 bits per heavy atom. The Kier molecular flexibility index (Phi) is 3.43. The third-order valence-electron chi connectivity index (χ3n) is 2.81. The molecule has 0 aliphatic carbocycles. The number of pyridine rings is 1. The highest BCUT2D eigenvalue weighted by Crippen LogP contribution is 2.22. The molecule has 0 spiro atoms. The van der Waals surface area contributed by atoms with Gasteiger partial charge in [-0.15, -0.1) is 10.2 Å². The molecule has 2 N–H and O–H groups in total. The molecule has 0 unspecified atom stereocenters. The molecule has 108 valence electrons. The van der Waals surface area contributed by atoms with Crippen molar-refractivity contribution in [3.8, 4) is 0 Å². The van der Waals surface area contributed by atoms with Crippen molar-refractivity contribution in [3.63, 3.8) is 0 Å². The van der Waals surface area contributed by atoms with Crippen molar-refractivity contribution in [2.24, 2.45) is 0 Å². The molecule has 0 aliphatic rings. The number of rotatable bonds is 4. The lowest BCUT2D eigenvalue weighted by Gasteiger charge is -2.07. The fraction of sp³-hybridized carbons (Fsp3) is 0.0833. The minimum Gasteiger partial charge on any atom is -0.373 e. The minimum absolute atomic E-state index is 0.157. The second kappa shape index (κ2) is 5.26. The summed E-state index contributed by atoms with van der Waals surface area (Å²) in [5.41, 5.74) is 2.18. The van der Waals surface area contributed by atoms with Gasteiger partial charge in [-0.1, -0.05) is 11.3 Å². The number of hydrogen-bond donors (Lipinski definition) is 2. The Bertz CT molecular complexity index is 878. The fourth-order valence-corrected chi connectivity index (χ4v) is 3.53. The fourth-order valence-electron chi connectivity index (χ4n) is 1.80. The Hall–Kier alpha value is -2.26. The van der Waals surface area contributed by atoms with Crippen LogP contribution in [0.2, 0.25) is 0 Å². The van der Waals surface area contributed by atoms with Gasteiger partial charge in [-0.05, 0) is 30.3 Å². The van der Waals surface area contributed by atoms with Crippen LogP contribution in [0.1, 0.15) is 0 Å². The zero-order chi connectivity index (χ0) is 14.9. The van der Waals surface area contributed by atoms with Crippen molar-refractivity contribution in [2.45, 2.75) is 4.90 Å². The molecule has 3 aromatic rings. The van der Waals surface area contributed by atoms with Crippen molar-refractivity contribution in [3.05, 3.63) is 35.8 Å². The second-order valence-corrected chi connectivity index (χ2v) is 6.67. The summed E-state index contributed by atoms with van der Waals surface area (Å²) in [6, 6.07) is 8.36. The molecule has 0 saturated carbocycles. The maximum atomic E-state index is 12.3. The van der Waals surface area contributed by atoms with Crippen LogP contribution in [-0.4, -0.2) is 30.6 Å². The van der Waals surface area contributed by atoms with Crippen LogP contribution in [0.4, 0.5) is 10.9 Å². The summed E-state index contributed by atoms with van der Waals surface area (Å²) < 4.78 is 26.9. The minimum atomic E-state index is -3.68. The van der Waals surface area contributed by atoms with Crippen molar-refractivity contribution < 1.29 is 8.42 Å². The van der Waals surface area contributed by atoms with E-state index in [0.29, 0.717) is 0 Å². The number of anilines is 2. The Morgan fingerprint density at radius 2 is 2.05 bits per heavy atom. The molecule has 0 saturated heterocycles. The van der Waals surface area contributed by atoms with Gasteiger partial charge in [0.15, 0.2) is 0 Å². The van der Waals surface area contributed by atoms with Crippen molar-refractivity contribution in [2.75, 3.05) is 17.1 Å². The lowest BCUT2D eigenvalue weighted by molar-refractivity contribution is 0.601. The third-order valence-corrected chi connectivity index (χ3v) is 4.88. The van der Waals surface area contributed by atoms with E-state index in [2.05, 4.69) is 25.2 Å². The van der Waals surface area contributed by atoms with Crippen molar-refractivity contribution in [1.29, 1.82) is 0 Å². The summed E-state index contributed by atoms with van der Waals surface area (Å²) in [5.74, 6) is 0.727. The summed E-state index contributed by atoms with van der Waals surface area (Å²) >= 11 is 1.12. The largest absolute Gasteiger partial charge is 0.373 e. The van der Waals surface area contributed by atoms with E-state index in [1.54, 1.807) is 25.2 Å². The summed E-state index contributed by atoms with van der Waals surface area (Å²) in [6.07, 6.45) is 0. The van der Waals surface area contributed by atoms with E-state index in [4.69, 9.17) is 0 Å². The van der Waals surface area contributed by atoms with Gasteiger partial charge < -0.3 is 5.32 Å². The molecule has 3 rings (SSSR count). The molecule has 7 nitrogen and oxygen atoms in total. The molecule has 0 bridgehead atoms. The number of aromatic nitrogens is 3. The second-order valence-electron chi connectivity index (χ2n) is 4.15. The van der Waals surface area contributed by atoms with Gasteiger partial charge in [0, 0.05) is 12.4 Å². The summed E-state index contributed by atoms with van der Waals surface area (Å²) in [6.45, 7) is 0. The number of nitrogens with one attached hydrogen (secondary N) is 2. The highest BCUT2D eigenvalue weighted by molar-refractivity contribution is 7.93. The zero-order valence-electron chi connectivity index (χ0n) is 10.9. The number of fused-ring (bicyclic) bond motifs is 1. The zero-order valence-corrected chi connectivity index (χ0v) is 12.6. The van der Waals surface area contributed by atoms with E-state index >= 15 is 0 Å². The predicted molar refractivity (Wildman–Crippen MR) is 82.0 cm³/mol. The quantitative estimate of drug-likeness (QED) is 0.762. The molecule has 2 aromatic heterocycles. The lowest BCUT2D eigenvalue weighted by atomic mass is 10.2. The predicted octanol–water partition coefficient (Wildman–Crippen LogP) is 1.93. The maximum absolute atomic E-state index is 12.3. The molecular weight excluding hydrogens is 310 g/mol. The first-order valence-electron chi connectivity index (χ1n) is 5.96. The Morgan fingerprint density at radius 1 is 1.19 bits per heavy atom. The van der Waals surface area contributed by atoms with E-state index in [-0.39, 0.29) is 10.0 Å². The molecule has 21 heavy (non-hydrogen) atoms. The van der Waals surface area contributed by atoms with Gasteiger partial charge in [-0.2, -0.15) is 0 Å². The van der Waals surface area contributed by atoms with E-state index in [1.165, 1.54) is 11.6 Å². The van der Waals surface area contributed by atoms with E-state index in [9.17, 15) is 8.42 Å². The van der Waals surface area contributed by atoms with Crippen LogP contribution in [0.25, 0.3) is 10.9 Å². The topological polar surface area (TPSA) is 96.9 Å². The van der Waals surface area contributed by atoms with Crippen molar-refractivity contribution >= 4 is 43.2 Å². The molecule has 0 amide bonds. The van der Waals surface area contributed by atoms with Crippen LogP contribution in [0.5, 0.6) is 0 Å². The number of hydrogen-bond acceptors (Lipinski definition) is 7. The SMILES string of the molecule is CNc1ccc2cc(S(=O)(=O)Nc3nncs3)ccc2n1. The molecule has 2 heterocycles. The average Bonchev–Trinajstić information content (AvgIpc) is 2.98. The number of sulfonamides is 1. The third kappa shape index (κ3) is 2.78. The Labute approximate surface area is 125 Å². The maximum Gasteiger partial charge on any atom is 0.263 e. The van der Waals surface area contributed by atoms with Gasteiger partial charge in [0.05, 0.1) is 10.4 Å². The van der Waals surface area contributed by atoms with Gasteiger partial charge in [0.2, 0.25) is 5.13 Å². The van der Waals surface area contributed by atoms with Crippen LogP contribution in [0, 0.1) is 0 Å². The number of nitrogens with zero attached hydrogens (tertiary/aromatic N) is 3. The van der Waals surface area contributed by atoms with E-state index in [1.807, 2.05) is 6.07 Å². The molecule has 1 aromatic carbocycles. The normalized spacial score (nSPS) is 11.5. The van der Waals surface area contributed by atoms with Crippen LogP contribution in [0.3, 0.4) is 0 Å². The van der Waals surface area contributed by atoms with Crippen molar-refractivity contribution in [1.82, 2.24) is 15.2 Å². The first kappa shape index (κ1) is 13.7. The smallest absolute Gasteiger partial charge is 0.263 e. The molecule has 0 radical (unpaired) electrons. The monoisotopic (exact) mass is 321 g/mol. The van der Waals surface area contributed by atoms with Crippen LogP contribution >= 0.6 is 11.3 Å². The summed E-state index contributed by atoms with van der Waals surface area (Å²) in [5, 5.41) is 11.2.